The normalized spacial score (nSPS) is 12.3. The molecule has 1 aromatic carbocycles. The van der Waals surface area contributed by atoms with Gasteiger partial charge >= 0.3 is 5.97 Å². The molecule has 3 nitrogen and oxygen atoms in total. The maximum Gasteiger partial charge on any atom is 0.313 e. The molecule has 0 aliphatic rings. The summed E-state index contributed by atoms with van der Waals surface area (Å²) in [5, 5.41) is 0. The third-order valence-corrected chi connectivity index (χ3v) is 2.83. The number of carbonyl (C=O) groups is 1. The van der Waals surface area contributed by atoms with E-state index in [4.69, 9.17) is 9.47 Å². The van der Waals surface area contributed by atoms with E-state index in [1.54, 1.807) is 0 Å². The molecule has 0 saturated heterocycles. The van der Waals surface area contributed by atoms with Gasteiger partial charge in [-0.1, -0.05) is 32.9 Å². The number of esters is 1. The number of hydrogen-bond donors (Lipinski definition) is 0. The zero-order chi connectivity index (χ0) is 13.5. The second-order valence-corrected chi connectivity index (χ2v) is 4.66. The van der Waals surface area contributed by atoms with E-state index >= 15 is 0 Å². The Bertz CT molecular complexity index is 368. The molecular formula is C15H22O3. The Balaban J connectivity index is 2.84. The van der Waals surface area contributed by atoms with Crippen LogP contribution in [-0.2, 0) is 9.53 Å². The van der Waals surface area contributed by atoms with Gasteiger partial charge in [-0.05, 0) is 30.0 Å². The lowest BCUT2D eigenvalue weighted by atomic mass is 9.88. The summed E-state index contributed by atoms with van der Waals surface area (Å²) in [5.74, 6) is 0.648. The second kappa shape index (κ2) is 7.04. The maximum absolute atomic E-state index is 11.8. The Morgan fingerprint density at radius 2 is 1.83 bits per heavy atom. The molecule has 0 amide bonds. The topological polar surface area (TPSA) is 35.5 Å². The van der Waals surface area contributed by atoms with Crippen LogP contribution in [-0.4, -0.2) is 19.7 Å². The lowest BCUT2D eigenvalue weighted by Gasteiger charge is -2.19. The molecule has 0 saturated carbocycles. The first-order valence-corrected chi connectivity index (χ1v) is 6.40. The van der Waals surface area contributed by atoms with E-state index in [9.17, 15) is 4.79 Å². The van der Waals surface area contributed by atoms with Crippen LogP contribution in [0.2, 0.25) is 0 Å². The molecule has 0 aliphatic heterocycles. The van der Waals surface area contributed by atoms with Gasteiger partial charge in [-0.3, -0.25) is 4.79 Å². The van der Waals surface area contributed by atoms with E-state index < -0.39 is 0 Å². The molecule has 0 heterocycles. The fourth-order valence-electron chi connectivity index (χ4n) is 1.91. The Hall–Kier alpha value is -1.51. The molecule has 0 bridgehead atoms. The molecule has 0 N–H and O–H groups in total. The third-order valence-electron chi connectivity index (χ3n) is 2.83. The molecule has 100 valence electrons. The number of carbonyl (C=O) groups excluding carboxylic acids is 1. The van der Waals surface area contributed by atoms with Crippen LogP contribution in [0.4, 0.5) is 0 Å². The van der Waals surface area contributed by atoms with Crippen LogP contribution in [0.3, 0.4) is 0 Å². The predicted molar refractivity (Wildman–Crippen MR) is 71.8 cm³/mol. The van der Waals surface area contributed by atoms with E-state index in [1.165, 1.54) is 7.11 Å². The van der Waals surface area contributed by atoms with Crippen LogP contribution in [0.25, 0.3) is 0 Å². The summed E-state index contributed by atoms with van der Waals surface area (Å²) in [6.45, 7) is 6.82. The van der Waals surface area contributed by atoms with Crippen molar-refractivity contribution in [2.45, 2.75) is 33.1 Å². The monoisotopic (exact) mass is 250 g/mol. The summed E-state index contributed by atoms with van der Waals surface area (Å²) in [7, 11) is 1.43. The van der Waals surface area contributed by atoms with Crippen LogP contribution in [0, 0.1) is 5.92 Å². The maximum atomic E-state index is 11.8. The summed E-state index contributed by atoms with van der Waals surface area (Å²) in [4.78, 5) is 11.8. The summed E-state index contributed by atoms with van der Waals surface area (Å²) in [5.41, 5.74) is 0.973. The third kappa shape index (κ3) is 3.76. The van der Waals surface area contributed by atoms with Gasteiger partial charge in [0.1, 0.15) is 5.75 Å². The van der Waals surface area contributed by atoms with Crippen molar-refractivity contribution >= 4 is 5.97 Å². The van der Waals surface area contributed by atoms with Crippen molar-refractivity contribution in [3.63, 3.8) is 0 Å². The minimum Gasteiger partial charge on any atom is -0.494 e. The quantitative estimate of drug-likeness (QED) is 0.726. The zero-order valence-electron chi connectivity index (χ0n) is 11.6. The fourth-order valence-corrected chi connectivity index (χ4v) is 1.91. The average molecular weight is 250 g/mol. The SMILES string of the molecule is CCCOc1ccc(C(C(=O)OC)C(C)C)cc1. The minimum absolute atomic E-state index is 0.188. The average Bonchev–Trinajstić information content (AvgIpc) is 2.37. The smallest absolute Gasteiger partial charge is 0.313 e. The van der Waals surface area contributed by atoms with Crippen molar-refractivity contribution in [2.75, 3.05) is 13.7 Å². The van der Waals surface area contributed by atoms with E-state index in [1.807, 2.05) is 38.1 Å². The number of methoxy groups -OCH3 is 1. The van der Waals surface area contributed by atoms with Gasteiger partial charge < -0.3 is 9.47 Å². The lowest BCUT2D eigenvalue weighted by Crippen LogP contribution is -2.19. The van der Waals surface area contributed by atoms with E-state index in [2.05, 4.69) is 6.92 Å². The van der Waals surface area contributed by atoms with Gasteiger partial charge in [0.15, 0.2) is 0 Å². The fraction of sp³-hybridized carbons (Fsp3) is 0.533. The van der Waals surface area contributed by atoms with Crippen molar-refractivity contribution in [2.24, 2.45) is 5.92 Å². The molecule has 18 heavy (non-hydrogen) atoms. The largest absolute Gasteiger partial charge is 0.494 e. The van der Waals surface area contributed by atoms with Gasteiger partial charge in [0.25, 0.3) is 0 Å². The molecule has 0 spiro atoms. The number of ether oxygens (including phenoxy) is 2. The molecule has 1 aromatic rings. The highest BCUT2D eigenvalue weighted by molar-refractivity contribution is 5.78. The van der Waals surface area contributed by atoms with Crippen molar-refractivity contribution in [3.8, 4) is 5.75 Å². The Morgan fingerprint density at radius 3 is 2.28 bits per heavy atom. The number of benzene rings is 1. The van der Waals surface area contributed by atoms with E-state index in [-0.39, 0.29) is 17.8 Å². The number of rotatable bonds is 6. The van der Waals surface area contributed by atoms with Crippen molar-refractivity contribution in [1.82, 2.24) is 0 Å². The summed E-state index contributed by atoms with van der Waals surface area (Å²) in [6, 6.07) is 7.69. The summed E-state index contributed by atoms with van der Waals surface area (Å²) >= 11 is 0. The first-order valence-electron chi connectivity index (χ1n) is 6.40. The lowest BCUT2D eigenvalue weighted by molar-refractivity contribution is -0.143. The van der Waals surface area contributed by atoms with Gasteiger partial charge in [-0.2, -0.15) is 0 Å². The van der Waals surface area contributed by atoms with Gasteiger partial charge in [-0.15, -0.1) is 0 Å². The molecular weight excluding hydrogens is 228 g/mol. The van der Waals surface area contributed by atoms with Crippen LogP contribution in [0.15, 0.2) is 24.3 Å². The summed E-state index contributed by atoms with van der Waals surface area (Å²) < 4.78 is 10.4. The Morgan fingerprint density at radius 1 is 1.22 bits per heavy atom. The van der Waals surface area contributed by atoms with E-state index in [0.717, 1.165) is 17.7 Å². The molecule has 1 unspecified atom stereocenters. The minimum atomic E-state index is -0.213. The van der Waals surface area contributed by atoms with Gasteiger partial charge in [0.2, 0.25) is 0 Å². The second-order valence-electron chi connectivity index (χ2n) is 4.66. The molecule has 0 fully saturated rings. The Labute approximate surface area is 109 Å². The van der Waals surface area contributed by atoms with Gasteiger partial charge in [0.05, 0.1) is 19.6 Å². The van der Waals surface area contributed by atoms with Crippen molar-refractivity contribution in [3.05, 3.63) is 29.8 Å². The highest BCUT2D eigenvalue weighted by Gasteiger charge is 2.24. The Kier molecular flexibility index (Phi) is 5.69. The van der Waals surface area contributed by atoms with Crippen molar-refractivity contribution in [1.29, 1.82) is 0 Å². The molecule has 0 radical (unpaired) electrons. The first-order chi connectivity index (χ1) is 8.60. The van der Waals surface area contributed by atoms with Gasteiger partial charge in [0, 0.05) is 0 Å². The molecule has 1 rings (SSSR count). The molecule has 1 atom stereocenters. The predicted octanol–water partition coefficient (Wildman–Crippen LogP) is 3.39. The molecule has 0 aromatic heterocycles. The molecule has 0 aliphatic carbocycles. The first kappa shape index (κ1) is 14.6. The summed E-state index contributed by atoms with van der Waals surface area (Å²) in [6.07, 6.45) is 0.985. The highest BCUT2D eigenvalue weighted by Crippen LogP contribution is 2.27. The number of hydrogen-bond acceptors (Lipinski definition) is 3. The van der Waals surface area contributed by atoms with Crippen LogP contribution in [0.1, 0.15) is 38.7 Å². The highest BCUT2D eigenvalue weighted by atomic mass is 16.5. The zero-order valence-corrected chi connectivity index (χ0v) is 11.6. The van der Waals surface area contributed by atoms with Crippen LogP contribution < -0.4 is 4.74 Å². The van der Waals surface area contributed by atoms with Crippen LogP contribution >= 0.6 is 0 Å². The van der Waals surface area contributed by atoms with Crippen molar-refractivity contribution < 1.29 is 14.3 Å². The van der Waals surface area contributed by atoms with Gasteiger partial charge in [-0.25, -0.2) is 0 Å². The standard InChI is InChI=1S/C15H22O3/c1-5-10-18-13-8-6-12(7-9-13)14(11(2)3)15(16)17-4/h6-9,11,14H,5,10H2,1-4H3. The van der Waals surface area contributed by atoms with Crippen LogP contribution in [0.5, 0.6) is 5.75 Å². The van der Waals surface area contributed by atoms with E-state index in [0.29, 0.717) is 6.61 Å². The molecule has 3 heteroatoms.